The van der Waals surface area contributed by atoms with Crippen LogP contribution in [0.15, 0.2) is 0 Å². The smallest absolute Gasteiger partial charge is 0.142 e. The lowest BCUT2D eigenvalue weighted by Crippen LogP contribution is -2.34. The third-order valence-corrected chi connectivity index (χ3v) is 5.27. The Morgan fingerprint density at radius 1 is 1.21 bits per heavy atom. The highest BCUT2D eigenvalue weighted by atomic mass is 16.1. The number of hydrogen-bond donors (Lipinski definition) is 0. The first-order valence-electron chi connectivity index (χ1n) is 8.29. The molecule has 2 rings (SSSR count). The van der Waals surface area contributed by atoms with Gasteiger partial charge in [-0.25, -0.2) is 0 Å². The van der Waals surface area contributed by atoms with Crippen molar-refractivity contribution in [2.45, 2.75) is 65.7 Å². The third-order valence-electron chi connectivity index (χ3n) is 5.27. The fourth-order valence-corrected chi connectivity index (χ4v) is 3.93. The number of nitrogens with zero attached hydrogens (tertiary/aromatic N) is 1. The van der Waals surface area contributed by atoms with Gasteiger partial charge < -0.3 is 4.90 Å². The summed E-state index contributed by atoms with van der Waals surface area (Å²) in [6.45, 7) is 9.99. The quantitative estimate of drug-likeness (QED) is 0.768. The molecule has 1 aliphatic heterocycles. The van der Waals surface area contributed by atoms with Gasteiger partial charge in [-0.3, -0.25) is 4.79 Å². The largest absolute Gasteiger partial charge is 0.303 e. The second-order valence-electron chi connectivity index (χ2n) is 7.37. The van der Waals surface area contributed by atoms with Gasteiger partial charge >= 0.3 is 0 Å². The molecule has 0 amide bonds. The lowest BCUT2D eigenvalue weighted by atomic mass is 9.89. The predicted octanol–water partition coefficient (Wildman–Crippen LogP) is 3.89. The average Bonchev–Trinajstić information content (AvgIpc) is 2.57. The van der Waals surface area contributed by atoms with Gasteiger partial charge in [-0.05, 0) is 51.1 Å². The Hall–Kier alpha value is -0.370. The molecule has 0 radical (unpaired) electrons. The van der Waals surface area contributed by atoms with Gasteiger partial charge in [0.2, 0.25) is 0 Å². The van der Waals surface area contributed by atoms with Crippen LogP contribution in [0.4, 0.5) is 0 Å². The highest BCUT2D eigenvalue weighted by Crippen LogP contribution is 2.38. The van der Waals surface area contributed by atoms with E-state index in [2.05, 4.69) is 25.7 Å². The molecule has 2 heteroatoms. The summed E-state index contributed by atoms with van der Waals surface area (Å²) in [6, 6.07) is 0. The molecule has 1 heterocycles. The molecule has 1 saturated heterocycles. The van der Waals surface area contributed by atoms with Crippen molar-refractivity contribution in [2.75, 3.05) is 19.6 Å². The highest BCUT2D eigenvalue weighted by Gasteiger charge is 2.40. The summed E-state index contributed by atoms with van der Waals surface area (Å²) in [5, 5.41) is 0. The first kappa shape index (κ1) is 15.0. The molecule has 0 N–H and O–H groups in total. The molecule has 2 nitrogen and oxygen atoms in total. The van der Waals surface area contributed by atoms with E-state index in [-0.39, 0.29) is 5.41 Å². The second kappa shape index (κ2) is 6.39. The zero-order valence-electron chi connectivity index (χ0n) is 13.1. The number of carbonyl (C=O) groups is 1. The maximum atomic E-state index is 12.3. The highest BCUT2D eigenvalue weighted by molar-refractivity contribution is 5.88. The fraction of sp³-hybridized carbons (Fsp3) is 0.941. The van der Waals surface area contributed by atoms with E-state index in [1.165, 1.54) is 45.2 Å². The number of ketones is 1. The van der Waals surface area contributed by atoms with Gasteiger partial charge in [0, 0.05) is 17.9 Å². The normalized spacial score (nSPS) is 32.5. The molecule has 0 aromatic rings. The predicted molar refractivity (Wildman–Crippen MR) is 80.2 cm³/mol. The molecule has 0 aromatic carbocycles. The van der Waals surface area contributed by atoms with Crippen LogP contribution in [0, 0.1) is 17.3 Å². The van der Waals surface area contributed by atoms with Gasteiger partial charge in [-0.15, -0.1) is 0 Å². The summed E-state index contributed by atoms with van der Waals surface area (Å²) < 4.78 is 0. The van der Waals surface area contributed by atoms with Crippen LogP contribution in [0.3, 0.4) is 0 Å². The van der Waals surface area contributed by atoms with Crippen LogP contribution in [0.25, 0.3) is 0 Å². The van der Waals surface area contributed by atoms with Crippen molar-refractivity contribution in [3.05, 3.63) is 0 Å². The lowest BCUT2D eigenvalue weighted by Gasteiger charge is -2.24. The molecule has 0 aromatic heterocycles. The standard InChI is InChI=1S/C17H31NO/c1-4-6-14-7-5-11-18(12-9-14)13-15-8-10-17(2,3)16(15)19/h14-15H,4-13H2,1-3H3. The van der Waals surface area contributed by atoms with Gasteiger partial charge in [0.25, 0.3) is 0 Å². The Labute approximate surface area is 118 Å². The Balaban J connectivity index is 1.82. The monoisotopic (exact) mass is 265 g/mol. The number of carbonyl (C=O) groups excluding carboxylic acids is 1. The van der Waals surface area contributed by atoms with Crippen LogP contribution < -0.4 is 0 Å². The summed E-state index contributed by atoms with van der Waals surface area (Å²) in [4.78, 5) is 14.9. The van der Waals surface area contributed by atoms with E-state index < -0.39 is 0 Å². The van der Waals surface area contributed by atoms with E-state index in [1.807, 2.05) is 0 Å². The summed E-state index contributed by atoms with van der Waals surface area (Å²) in [7, 11) is 0. The molecular formula is C17H31NO. The van der Waals surface area contributed by atoms with Gasteiger partial charge in [0.1, 0.15) is 5.78 Å². The topological polar surface area (TPSA) is 20.3 Å². The lowest BCUT2D eigenvalue weighted by molar-refractivity contribution is -0.127. The van der Waals surface area contributed by atoms with Crippen molar-refractivity contribution in [1.29, 1.82) is 0 Å². The molecule has 2 aliphatic rings. The SMILES string of the molecule is CCCC1CCCN(CC2CCC(C)(C)C2=O)CC1. The van der Waals surface area contributed by atoms with Gasteiger partial charge in [-0.2, -0.15) is 0 Å². The number of rotatable bonds is 4. The second-order valence-corrected chi connectivity index (χ2v) is 7.37. The molecule has 1 aliphatic carbocycles. The van der Waals surface area contributed by atoms with Crippen LogP contribution in [0.1, 0.15) is 65.7 Å². The zero-order chi connectivity index (χ0) is 13.9. The molecule has 110 valence electrons. The molecule has 19 heavy (non-hydrogen) atoms. The fourth-order valence-electron chi connectivity index (χ4n) is 3.93. The van der Waals surface area contributed by atoms with Gasteiger partial charge in [-0.1, -0.05) is 33.6 Å². The van der Waals surface area contributed by atoms with Crippen LogP contribution in [0.5, 0.6) is 0 Å². The van der Waals surface area contributed by atoms with E-state index in [1.54, 1.807) is 0 Å². The first-order valence-corrected chi connectivity index (χ1v) is 8.29. The van der Waals surface area contributed by atoms with Crippen molar-refractivity contribution < 1.29 is 4.79 Å². The summed E-state index contributed by atoms with van der Waals surface area (Å²) in [6.07, 6.45) is 8.98. The minimum absolute atomic E-state index is 0.0543. The summed E-state index contributed by atoms with van der Waals surface area (Å²) in [5.41, 5.74) is -0.0543. The van der Waals surface area contributed by atoms with Crippen molar-refractivity contribution in [3.8, 4) is 0 Å². The van der Waals surface area contributed by atoms with E-state index in [9.17, 15) is 4.79 Å². The van der Waals surface area contributed by atoms with E-state index in [0.717, 1.165) is 25.3 Å². The van der Waals surface area contributed by atoms with E-state index in [0.29, 0.717) is 11.7 Å². The van der Waals surface area contributed by atoms with Crippen LogP contribution in [0.2, 0.25) is 0 Å². The number of likely N-dealkylation sites (tertiary alicyclic amines) is 1. The first-order chi connectivity index (χ1) is 9.03. The Morgan fingerprint density at radius 2 is 2.00 bits per heavy atom. The maximum absolute atomic E-state index is 12.3. The van der Waals surface area contributed by atoms with E-state index in [4.69, 9.17) is 0 Å². The molecular weight excluding hydrogens is 234 g/mol. The number of hydrogen-bond acceptors (Lipinski definition) is 2. The van der Waals surface area contributed by atoms with E-state index >= 15 is 0 Å². The van der Waals surface area contributed by atoms with Gasteiger partial charge in [0.05, 0.1) is 0 Å². The third kappa shape index (κ3) is 3.81. The Bertz CT molecular complexity index is 310. The van der Waals surface area contributed by atoms with Crippen molar-refractivity contribution >= 4 is 5.78 Å². The molecule has 2 fully saturated rings. The average molecular weight is 265 g/mol. The van der Waals surface area contributed by atoms with Gasteiger partial charge in [0.15, 0.2) is 0 Å². The number of Topliss-reactive ketones (excluding diaryl/α,β-unsaturated/α-hetero) is 1. The Kier molecular flexibility index (Phi) is 5.05. The molecule has 1 saturated carbocycles. The minimum atomic E-state index is -0.0543. The maximum Gasteiger partial charge on any atom is 0.142 e. The van der Waals surface area contributed by atoms with Crippen molar-refractivity contribution in [2.24, 2.45) is 17.3 Å². The van der Waals surface area contributed by atoms with Crippen molar-refractivity contribution in [1.82, 2.24) is 4.90 Å². The van der Waals surface area contributed by atoms with Crippen LogP contribution in [-0.4, -0.2) is 30.3 Å². The zero-order valence-corrected chi connectivity index (χ0v) is 13.1. The molecule has 0 bridgehead atoms. The molecule has 2 atom stereocenters. The van der Waals surface area contributed by atoms with Crippen molar-refractivity contribution in [3.63, 3.8) is 0 Å². The molecule has 0 spiro atoms. The van der Waals surface area contributed by atoms with Crippen LogP contribution >= 0.6 is 0 Å². The van der Waals surface area contributed by atoms with Crippen LogP contribution in [-0.2, 0) is 4.79 Å². The minimum Gasteiger partial charge on any atom is -0.303 e. The summed E-state index contributed by atoms with van der Waals surface area (Å²) >= 11 is 0. The Morgan fingerprint density at radius 3 is 2.63 bits per heavy atom. The summed E-state index contributed by atoms with van der Waals surface area (Å²) in [5.74, 6) is 1.77. The molecule has 2 unspecified atom stereocenters.